The summed E-state index contributed by atoms with van der Waals surface area (Å²) in [6.45, 7) is 0. The van der Waals surface area contributed by atoms with Crippen molar-refractivity contribution < 1.29 is 9.15 Å². The van der Waals surface area contributed by atoms with Gasteiger partial charge in [-0.2, -0.15) is 0 Å². The smallest absolute Gasteiger partial charge is 0.213 e. The number of anilines is 2. The molecule has 4 nitrogen and oxygen atoms in total. The van der Waals surface area contributed by atoms with Gasteiger partial charge < -0.3 is 14.1 Å². The lowest BCUT2D eigenvalue weighted by Crippen LogP contribution is -2.32. The molecule has 10 rings (SSSR count). The van der Waals surface area contributed by atoms with Gasteiger partial charge in [-0.3, -0.25) is 4.57 Å². The van der Waals surface area contributed by atoms with Gasteiger partial charge in [0, 0.05) is 33.4 Å². The summed E-state index contributed by atoms with van der Waals surface area (Å²) in [6.07, 6.45) is -0.112. The third-order valence-corrected chi connectivity index (χ3v) is 9.33. The summed E-state index contributed by atoms with van der Waals surface area (Å²) in [7, 11) is 0. The van der Waals surface area contributed by atoms with Gasteiger partial charge in [-0.05, 0) is 77.4 Å². The summed E-state index contributed by atoms with van der Waals surface area (Å²) in [5.41, 5.74) is 11.2. The fourth-order valence-corrected chi connectivity index (χ4v) is 7.44. The van der Waals surface area contributed by atoms with Crippen molar-refractivity contribution in [2.24, 2.45) is 0 Å². The highest BCUT2D eigenvalue weighted by atomic mass is 16.5. The van der Waals surface area contributed by atoms with Crippen molar-refractivity contribution in [1.82, 2.24) is 4.57 Å². The van der Waals surface area contributed by atoms with Crippen LogP contribution in [0.4, 0.5) is 11.4 Å². The van der Waals surface area contributed by atoms with E-state index in [1.807, 2.05) is 12.1 Å². The molecule has 6 aromatic carbocycles. The monoisotopic (exact) mass is 566 g/mol. The van der Waals surface area contributed by atoms with Gasteiger partial charge in [0.1, 0.15) is 11.3 Å². The Morgan fingerprint density at radius 2 is 1.25 bits per heavy atom. The molecular weight excluding hydrogens is 540 g/mol. The third kappa shape index (κ3) is 3.22. The molecular formula is C40H26N2O2. The van der Waals surface area contributed by atoms with Crippen molar-refractivity contribution in [1.29, 1.82) is 0 Å². The normalized spacial score (nSPS) is 16.8. The van der Waals surface area contributed by atoms with Crippen LogP contribution in [0, 0.1) is 0 Å². The lowest BCUT2D eigenvalue weighted by Gasteiger charge is -2.26. The van der Waals surface area contributed by atoms with Gasteiger partial charge in [0.2, 0.25) is 5.71 Å². The Kier molecular flexibility index (Phi) is 4.80. The molecule has 4 heteroatoms. The van der Waals surface area contributed by atoms with Crippen LogP contribution in [0.2, 0.25) is 0 Å². The highest BCUT2D eigenvalue weighted by Gasteiger charge is 2.47. The lowest BCUT2D eigenvalue weighted by atomic mass is 9.90. The van der Waals surface area contributed by atoms with Gasteiger partial charge in [0.15, 0.2) is 6.23 Å². The van der Waals surface area contributed by atoms with Gasteiger partial charge in [-0.25, -0.2) is 0 Å². The second kappa shape index (κ2) is 8.88. The molecule has 208 valence electrons. The van der Waals surface area contributed by atoms with E-state index in [0.717, 1.165) is 44.7 Å². The number of rotatable bonds is 3. The standard InChI is InChI=1S/C40H26N2O2/c1-3-11-27(12-4-1)41-33-17-9-7-15-29(33)37-32-24-26(20-22-36(32)44-39(37)41)25-19-21-34-31(23-25)38-30-16-8-10-18-35(30)43-40(38)42(34)28-13-5-2-6-14-28/h1-24,37,39H. The molecule has 44 heavy (non-hydrogen) atoms. The number of para-hydroxylation sites is 4. The number of hydrogen-bond acceptors (Lipinski definition) is 3. The van der Waals surface area contributed by atoms with Crippen LogP contribution in [-0.4, -0.2) is 10.8 Å². The van der Waals surface area contributed by atoms with Gasteiger partial charge in [-0.1, -0.05) is 84.9 Å². The number of furan rings is 1. The molecule has 0 bridgehead atoms. The van der Waals surface area contributed by atoms with Crippen molar-refractivity contribution in [3.8, 4) is 22.6 Å². The Morgan fingerprint density at radius 1 is 0.545 bits per heavy atom. The molecule has 0 amide bonds. The summed E-state index contributed by atoms with van der Waals surface area (Å²) in [5, 5.41) is 3.46. The summed E-state index contributed by atoms with van der Waals surface area (Å²) in [4.78, 5) is 2.35. The van der Waals surface area contributed by atoms with Gasteiger partial charge in [-0.15, -0.1) is 0 Å². The predicted molar refractivity (Wildman–Crippen MR) is 177 cm³/mol. The van der Waals surface area contributed by atoms with Crippen LogP contribution in [0.15, 0.2) is 150 Å². The van der Waals surface area contributed by atoms with E-state index in [9.17, 15) is 0 Å². The molecule has 0 spiro atoms. The van der Waals surface area contributed by atoms with E-state index in [2.05, 4.69) is 143 Å². The highest BCUT2D eigenvalue weighted by molar-refractivity contribution is 6.20. The zero-order valence-electron chi connectivity index (χ0n) is 23.7. The Morgan fingerprint density at radius 3 is 2.11 bits per heavy atom. The van der Waals surface area contributed by atoms with Gasteiger partial charge >= 0.3 is 0 Å². The first-order chi connectivity index (χ1) is 21.8. The summed E-state index contributed by atoms with van der Waals surface area (Å²) in [5.74, 6) is 1.09. The van der Waals surface area contributed by atoms with E-state index in [0.29, 0.717) is 0 Å². The van der Waals surface area contributed by atoms with Crippen LogP contribution >= 0.6 is 0 Å². The number of aromatic nitrogens is 1. The Balaban J connectivity index is 1.15. The van der Waals surface area contributed by atoms with E-state index >= 15 is 0 Å². The molecule has 0 N–H and O–H groups in total. The van der Waals surface area contributed by atoms with Crippen LogP contribution in [0.25, 0.3) is 49.8 Å². The Hall–Kier alpha value is -5.74. The highest BCUT2D eigenvalue weighted by Crippen LogP contribution is 2.55. The van der Waals surface area contributed by atoms with E-state index in [1.165, 1.54) is 33.3 Å². The van der Waals surface area contributed by atoms with E-state index in [-0.39, 0.29) is 12.1 Å². The molecule has 0 fully saturated rings. The molecule has 2 aromatic heterocycles. The van der Waals surface area contributed by atoms with E-state index in [4.69, 9.17) is 9.15 Å². The molecule has 0 saturated heterocycles. The maximum absolute atomic E-state index is 6.70. The summed E-state index contributed by atoms with van der Waals surface area (Å²) in [6, 6.07) is 51.5. The molecule has 0 radical (unpaired) electrons. The maximum Gasteiger partial charge on any atom is 0.213 e. The molecule has 2 aliphatic rings. The van der Waals surface area contributed by atoms with Crippen LogP contribution in [-0.2, 0) is 0 Å². The third-order valence-electron chi connectivity index (χ3n) is 9.33. The average molecular weight is 567 g/mol. The molecule has 2 aliphatic heterocycles. The molecule has 4 heterocycles. The van der Waals surface area contributed by atoms with Crippen molar-refractivity contribution in [2.75, 3.05) is 4.90 Å². The zero-order valence-corrected chi connectivity index (χ0v) is 23.7. The SMILES string of the molecule is c1ccc(N2c3ccccc3C3c4cc(-c5ccc6c(c5)c5c7ccccc7oc5n6-c5ccccc5)ccc4OC32)cc1. The second-order valence-corrected chi connectivity index (χ2v) is 11.7. The molecule has 2 atom stereocenters. The molecule has 2 unspecified atom stereocenters. The molecule has 0 saturated carbocycles. The topological polar surface area (TPSA) is 30.5 Å². The zero-order chi connectivity index (χ0) is 28.8. The summed E-state index contributed by atoms with van der Waals surface area (Å²) >= 11 is 0. The fourth-order valence-electron chi connectivity index (χ4n) is 7.44. The van der Waals surface area contributed by atoms with Gasteiger partial charge in [0.25, 0.3) is 0 Å². The van der Waals surface area contributed by atoms with Crippen LogP contribution in [0.3, 0.4) is 0 Å². The quantitative estimate of drug-likeness (QED) is 0.213. The largest absolute Gasteiger partial charge is 0.469 e. The Labute approximate surface area is 254 Å². The number of hydrogen-bond donors (Lipinski definition) is 0. The fraction of sp³-hybridized carbons (Fsp3) is 0.0500. The minimum absolute atomic E-state index is 0.112. The van der Waals surface area contributed by atoms with Gasteiger partial charge in [0.05, 0.1) is 16.8 Å². The summed E-state index contributed by atoms with van der Waals surface area (Å²) < 4.78 is 15.4. The van der Waals surface area contributed by atoms with Crippen molar-refractivity contribution in [2.45, 2.75) is 12.1 Å². The number of nitrogens with zero attached hydrogens (tertiary/aromatic N) is 2. The van der Waals surface area contributed by atoms with Crippen LogP contribution < -0.4 is 9.64 Å². The minimum atomic E-state index is -0.112. The first-order valence-electron chi connectivity index (χ1n) is 15.1. The van der Waals surface area contributed by atoms with E-state index < -0.39 is 0 Å². The number of benzene rings is 6. The first-order valence-corrected chi connectivity index (χ1v) is 15.1. The predicted octanol–water partition coefficient (Wildman–Crippen LogP) is 10.2. The minimum Gasteiger partial charge on any atom is -0.469 e. The first kappa shape index (κ1) is 23.8. The van der Waals surface area contributed by atoms with Crippen molar-refractivity contribution >= 4 is 44.3 Å². The Bertz CT molecular complexity index is 2390. The lowest BCUT2D eigenvalue weighted by molar-refractivity contribution is 0.234. The number of fused-ring (bicyclic) bond motifs is 10. The van der Waals surface area contributed by atoms with Crippen LogP contribution in [0.5, 0.6) is 5.75 Å². The van der Waals surface area contributed by atoms with Crippen LogP contribution in [0.1, 0.15) is 17.0 Å². The van der Waals surface area contributed by atoms with Crippen molar-refractivity contribution in [3.05, 3.63) is 157 Å². The van der Waals surface area contributed by atoms with Crippen molar-refractivity contribution in [3.63, 3.8) is 0 Å². The van der Waals surface area contributed by atoms with E-state index in [1.54, 1.807) is 0 Å². The maximum atomic E-state index is 6.70. The molecule has 8 aromatic rings. The molecule has 0 aliphatic carbocycles. The number of ether oxygens (including phenoxy) is 1. The average Bonchev–Trinajstić information content (AvgIpc) is 3.81. The second-order valence-electron chi connectivity index (χ2n) is 11.7.